The molecule has 0 radical (unpaired) electrons. The molecule has 0 atom stereocenters. The van der Waals surface area contributed by atoms with Gasteiger partial charge in [0.15, 0.2) is 0 Å². The number of hydrogen-bond donors (Lipinski definition) is 2. The van der Waals surface area contributed by atoms with E-state index in [1.165, 1.54) is 0 Å². The third-order valence-electron chi connectivity index (χ3n) is 7.52. The number of amides is 1. The lowest BCUT2D eigenvalue weighted by Crippen LogP contribution is -2.15. The zero-order valence-corrected chi connectivity index (χ0v) is 23.2. The summed E-state index contributed by atoms with van der Waals surface area (Å²) in [6.07, 6.45) is 4.91. The Balaban J connectivity index is 1.42. The molecule has 0 fully saturated rings. The van der Waals surface area contributed by atoms with Crippen molar-refractivity contribution >= 4 is 44.8 Å². The molecule has 1 amide bonds. The molecule has 41 heavy (non-hydrogen) atoms. The molecule has 0 saturated carbocycles. The Kier molecular flexibility index (Phi) is 7.03. The number of aromatic nitrogens is 2. The fourth-order valence-electron chi connectivity index (χ4n) is 5.60. The number of hydrogen-bond acceptors (Lipinski definition) is 4. The third-order valence-corrected chi connectivity index (χ3v) is 7.52. The van der Waals surface area contributed by atoms with Crippen molar-refractivity contribution in [2.45, 2.75) is 19.6 Å². The Morgan fingerprint density at radius 3 is 2.49 bits per heavy atom. The van der Waals surface area contributed by atoms with Crippen LogP contribution >= 0.6 is 0 Å². The molecule has 1 aliphatic rings. The van der Waals surface area contributed by atoms with Gasteiger partial charge in [0, 0.05) is 57.6 Å². The highest BCUT2D eigenvalue weighted by molar-refractivity contribution is 6.36. The summed E-state index contributed by atoms with van der Waals surface area (Å²) in [5.41, 5.74) is 6.61. The molecule has 5 aromatic rings. The van der Waals surface area contributed by atoms with Gasteiger partial charge >= 0.3 is 5.97 Å². The van der Waals surface area contributed by atoms with Crippen LogP contribution < -0.4 is 5.32 Å². The van der Waals surface area contributed by atoms with Crippen LogP contribution in [0.4, 0.5) is 0 Å². The van der Waals surface area contributed by atoms with Gasteiger partial charge in [-0.25, -0.2) is 4.79 Å². The minimum absolute atomic E-state index is 0.186. The number of para-hydroxylation sites is 2. The van der Waals surface area contributed by atoms with Gasteiger partial charge < -0.3 is 24.5 Å². The number of rotatable bonds is 9. The number of nitrogens with one attached hydrogen (secondary N) is 2. The van der Waals surface area contributed by atoms with Gasteiger partial charge in [0.2, 0.25) is 0 Å². The molecular weight excluding hydrogens is 512 g/mol. The van der Waals surface area contributed by atoms with Crippen molar-refractivity contribution < 1.29 is 14.3 Å². The Hall–Kier alpha value is -4.88. The van der Waals surface area contributed by atoms with E-state index in [9.17, 15) is 9.59 Å². The molecule has 0 aliphatic carbocycles. The SMILES string of the molecule is C=C1NC(=O)C(c2cn(CCCN(C)C)c3ccccc23)=C1c1c[nH]c2c(C(=O)OCc3ccccc3)cccc12. The molecule has 2 N–H and O–H groups in total. The number of H-pyrrole nitrogens is 1. The van der Waals surface area contributed by atoms with Crippen LogP contribution in [0.2, 0.25) is 0 Å². The number of benzene rings is 3. The van der Waals surface area contributed by atoms with Crippen molar-refractivity contribution in [2.75, 3.05) is 20.6 Å². The number of carbonyl (C=O) groups excluding carboxylic acids is 2. The minimum atomic E-state index is -0.415. The fraction of sp³-hybridized carbons (Fsp3) is 0.176. The Morgan fingerprint density at radius 2 is 1.68 bits per heavy atom. The van der Waals surface area contributed by atoms with Crippen LogP contribution in [0.1, 0.15) is 33.5 Å². The highest BCUT2D eigenvalue weighted by Crippen LogP contribution is 2.41. The lowest BCUT2D eigenvalue weighted by atomic mass is 9.94. The van der Waals surface area contributed by atoms with Gasteiger partial charge in [-0.15, -0.1) is 0 Å². The van der Waals surface area contributed by atoms with Gasteiger partial charge in [-0.1, -0.05) is 67.2 Å². The summed E-state index contributed by atoms with van der Waals surface area (Å²) in [6, 6.07) is 23.3. The average Bonchev–Trinajstić information content (AvgIpc) is 3.64. The molecule has 1 aliphatic heterocycles. The number of carbonyl (C=O) groups is 2. The quantitative estimate of drug-likeness (QED) is 0.224. The van der Waals surface area contributed by atoms with E-state index in [0.717, 1.165) is 58.1 Å². The van der Waals surface area contributed by atoms with E-state index in [1.807, 2.05) is 60.8 Å². The number of nitrogens with zero attached hydrogens (tertiary/aromatic N) is 2. The number of aryl methyl sites for hydroxylation is 1. The van der Waals surface area contributed by atoms with E-state index in [1.54, 1.807) is 6.07 Å². The molecule has 0 bridgehead atoms. The maximum atomic E-state index is 13.4. The lowest BCUT2D eigenvalue weighted by Gasteiger charge is -2.10. The van der Waals surface area contributed by atoms with Crippen LogP contribution in [0.3, 0.4) is 0 Å². The largest absolute Gasteiger partial charge is 0.457 e. The molecular formula is C34H32N4O3. The second kappa shape index (κ2) is 10.9. The molecule has 7 nitrogen and oxygen atoms in total. The summed E-state index contributed by atoms with van der Waals surface area (Å²) in [7, 11) is 4.14. The van der Waals surface area contributed by atoms with Gasteiger partial charge in [-0.05, 0) is 44.8 Å². The van der Waals surface area contributed by atoms with Crippen molar-refractivity contribution in [3.63, 3.8) is 0 Å². The molecule has 206 valence electrons. The van der Waals surface area contributed by atoms with Gasteiger partial charge in [-0.3, -0.25) is 4.79 Å². The molecule has 0 saturated heterocycles. The van der Waals surface area contributed by atoms with Crippen molar-refractivity contribution in [3.05, 3.63) is 120 Å². The van der Waals surface area contributed by atoms with Crippen LogP contribution in [0.25, 0.3) is 33.0 Å². The molecule has 0 spiro atoms. The normalized spacial score (nSPS) is 13.5. The summed E-state index contributed by atoms with van der Waals surface area (Å²) in [6.45, 7) is 6.19. The predicted octanol–water partition coefficient (Wildman–Crippen LogP) is 5.99. The topological polar surface area (TPSA) is 79.4 Å². The van der Waals surface area contributed by atoms with Crippen molar-refractivity contribution in [2.24, 2.45) is 0 Å². The first-order chi connectivity index (χ1) is 19.9. The number of allylic oxidation sites excluding steroid dienone is 1. The van der Waals surface area contributed by atoms with Crippen LogP contribution in [0.15, 0.2) is 97.5 Å². The van der Waals surface area contributed by atoms with Crippen molar-refractivity contribution in [3.8, 4) is 0 Å². The summed E-state index contributed by atoms with van der Waals surface area (Å²) >= 11 is 0. The maximum Gasteiger partial charge on any atom is 0.340 e. The second-order valence-corrected chi connectivity index (χ2v) is 10.6. The average molecular weight is 545 g/mol. The third kappa shape index (κ3) is 4.96. The van der Waals surface area contributed by atoms with Crippen LogP contribution in [0.5, 0.6) is 0 Å². The molecule has 3 aromatic carbocycles. The summed E-state index contributed by atoms with van der Waals surface area (Å²) in [5, 5.41) is 4.78. The van der Waals surface area contributed by atoms with E-state index in [-0.39, 0.29) is 12.5 Å². The van der Waals surface area contributed by atoms with Crippen molar-refractivity contribution in [1.82, 2.24) is 19.8 Å². The second-order valence-electron chi connectivity index (χ2n) is 10.6. The summed E-state index contributed by atoms with van der Waals surface area (Å²) in [5.74, 6) is -0.601. The van der Waals surface area contributed by atoms with Gasteiger partial charge in [0.1, 0.15) is 6.61 Å². The molecule has 3 heterocycles. The van der Waals surface area contributed by atoms with E-state index in [0.29, 0.717) is 22.4 Å². The number of aromatic amines is 1. The standard InChI is InChI=1S/C34H32N4O3/c1-22-30(27-19-35-32-25(27)14-9-15-26(32)34(40)41-21-23-11-5-4-6-12-23)31(33(39)36-22)28-20-38(18-10-17-37(2)3)29-16-8-7-13-24(28)29/h4-9,11-16,19-20,35H,1,10,17-18,21H2,2-3H3,(H,36,39). The van der Waals surface area contributed by atoms with Gasteiger partial charge in [0.05, 0.1) is 16.7 Å². The van der Waals surface area contributed by atoms with Crippen molar-refractivity contribution in [1.29, 1.82) is 0 Å². The molecule has 0 unspecified atom stereocenters. The van der Waals surface area contributed by atoms with Gasteiger partial charge in [-0.2, -0.15) is 0 Å². The Morgan fingerprint density at radius 1 is 0.927 bits per heavy atom. The number of fused-ring (bicyclic) bond motifs is 2. The number of esters is 1. The van der Waals surface area contributed by atoms with E-state index in [2.05, 4.69) is 58.8 Å². The fourth-order valence-corrected chi connectivity index (χ4v) is 5.60. The first-order valence-electron chi connectivity index (χ1n) is 13.7. The maximum absolute atomic E-state index is 13.4. The molecule has 2 aromatic heterocycles. The van der Waals surface area contributed by atoms with Crippen LogP contribution in [0, 0.1) is 0 Å². The number of ether oxygens (including phenoxy) is 1. The van der Waals surface area contributed by atoms with E-state index >= 15 is 0 Å². The molecule has 7 heteroatoms. The van der Waals surface area contributed by atoms with E-state index < -0.39 is 5.97 Å². The predicted molar refractivity (Wildman–Crippen MR) is 163 cm³/mol. The summed E-state index contributed by atoms with van der Waals surface area (Å²) in [4.78, 5) is 32.0. The Labute approximate surface area is 238 Å². The highest BCUT2D eigenvalue weighted by Gasteiger charge is 2.32. The lowest BCUT2D eigenvalue weighted by molar-refractivity contribution is -0.114. The first kappa shape index (κ1) is 26.3. The van der Waals surface area contributed by atoms with Crippen LogP contribution in [-0.4, -0.2) is 47.0 Å². The van der Waals surface area contributed by atoms with Crippen LogP contribution in [-0.2, 0) is 22.7 Å². The zero-order chi connectivity index (χ0) is 28.5. The monoisotopic (exact) mass is 544 g/mol. The highest BCUT2D eigenvalue weighted by atomic mass is 16.5. The Bertz CT molecular complexity index is 1820. The smallest absolute Gasteiger partial charge is 0.340 e. The van der Waals surface area contributed by atoms with E-state index in [4.69, 9.17) is 4.74 Å². The first-order valence-corrected chi connectivity index (χ1v) is 13.7. The van der Waals surface area contributed by atoms with Gasteiger partial charge in [0.25, 0.3) is 5.91 Å². The minimum Gasteiger partial charge on any atom is -0.457 e. The molecule has 6 rings (SSSR count). The summed E-state index contributed by atoms with van der Waals surface area (Å²) < 4.78 is 7.85. The zero-order valence-electron chi connectivity index (χ0n) is 23.2.